The van der Waals surface area contributed by atoms with E-state index < -0.39 is 0 Å². The molecule has 0 unspecified atom stereocenters. The number of benzene rings is 1. The first-order chi connectivity index (χ1) is 14.2. The molecule has 1 amide bonds. The number of rotatable bonds is 3. The Labute approximate surface area is 167 Å². The van der Waals surface area contributed by atoms with Gasteiger partial charge in [-0.2, -0.15) is 0 Å². The Balaban J connectivity index is 1.38. The fourth-order valence-corrected chi connectivity index (χ4v) is 3.96. The van der Waals surface area contributed by atoms with Crippen molar-refractivity contribution in [1.82, 2.24) is 34.4 Å². The number of amides is 1. The fourth-order valence-electron chi connectivity index (χ4n) is 3.96. The lowest BCUT2D eigenvalue weighted by atomic mass is 9.94. The first-order valence-corrected chi connectivity index (χ1v) is 9.70. The zero-order valence-corrected chi connectivity index (χ0v) is 16.1. The van der Waals surface area contributed by atoms with Gasteiger partial charge < -0.3 is 14.5 Å². The molecule has 1 aromatic carbocycles. The number of H-pyrrole nitrogens is 1. The number of aryl methyl sites for hydroxylation is 1. The summed E-state index contributed by atoms with van der Waals surface area (Å²) in [5.41, 5.74) is 5.06. The van der Waals surface area contributed by atoms with Gasteiger partial charge in [0.05, 0.1) is 47.5 Å². The van der Waals surface area contributed by atoms with Crippen molar-refractivity contribution in [2.75, 3.05) is 13.1 Å². The standard InChI is InChI=1S/C21H21N7O/c1-27-13-23-10-20(27)19-9-22-8-18(26-19)15-3-2-6-28(11-15)21(29)14-4-5-16-17(7-14)25-12-24-16/h4-5,7-10,12-13,15H,2-3,6,11H2,1H3,(H,24,25)/t15-/m0/s1. The van der Waals surface area contributed by atoms with Crippen LogP contribution >= 0.6 is 0 Å². The maximum absolute atomic E-state index is 13.1. The first kappa shape index (κ1) is 17.5. The van der Waals surface area contributed by atoms with E-state index in [0.29, 0.717) is 12.1 Å². The predicted molar refractivity (Wildman–Crippen MR) is 108 cm³/mol. The topological polar surface area (TPSA) is 92.6 Å². The molecule has 1 fully saturated rings. The van der Waals surface area contributed by atoms with Crippen molar-refractivity contribution < 1.29 is 4.79 Å². The third kappa shape index (κ3) is 3.26. The fraction of sp³-hybridized carbons (Fsp3) is 0.286. The van der Waals surface area contributed by atoms with E-state index in [1.165, 1.54) is 0 Å². The summed E-state index contributed by atoms with van der Waals surface area (Å²) in [5.74, 6) is 0.214. The lowest BCUT2D eigenvalue weighted by molar-refractivity contribution is 0.0706. The van der Waals surface area contributed by atoms with Gasteiger partial charge in [0.25, 0.3) is 5.91 Å². The number of likely N-dealkylation sites (tertiary alicyclic amines) is 1. The third-order valence-corrected chi connectivity index (χ3v) is 5.53. The van der Waals surface area contributed by atoms with Crippen molar-refractivity contribution >= 4 is 16.9 Å². The zero-order valence-electron chi connectivity index (χ0n) is 16.1. The predicted octanol–water partition coefficient (Wildman–Crippen LogP) is 2.77. The van der Waals surface area contributed by atoms with Gasteiger partial charge in [-0.15, -0.1) is 0 Å². The van der Waals surface area contributed by atoms with Gasteiger partial charge in [0, 0.05) is 37.8 Å². The second-order valence-electron chi connectivity index (χ2n) is 7.44. The molecule has 0 spiro atoms. The first-order valence-electron chi connectivity index (χ1n) is 9.70. The highest BCUT2D eigenvalue weighted by Crippen LogP contribution is 2.28. The molecule has 29 heavy (non-hydrogen) atoms. The largest absolute Gasteiger partial charge is 0.345 e. The van der Waals surface area contributed by atoms with E-state index >= 15 is 0 Å². The summed E-state index contributed by atoms with van der Waals surface area (Å²) in [5, 5.41) is 0. The number of nitrogens with one attached hydrogen (secondary N) is 1. The molecule has 3 aromatic heterocycles. The summed E-state index contributed by atoms with van der Waals surface area (Å²) in [4.78, 5) is 35.7. The van der Waals surface area contributed by atoms with E-state index in [2.05, 4.69) is 19.9 Å². The molecule has 0 bridgehead atoms. The maximum Gasteiger partial charge on any atom is 0.253 e. The number of aromatic amines is 1. The number of aromatic nitrogens is 6. The summed E-state index contributed by atoms with van der Waals surface area (Å²) >= 11 is 0. The number of hydrogen-bond donors (Lipinski definition) is 1. The molecular weight excluding hydrogens is 366 g/mol. The van der Waals surface area contributed by atoms with Gasteiger partial charge in [-0.25, -0.2) is 15.0 Å². The van der Waals surface area contributed by atoms with Gasteiger partial charge in [0.15, 0.2) is 0 Å². The van der Waals surface area contributed by atoms with Gasteiger partial charge in [-0.1, -0.05) is 0 Å². The van der Waals surface area contributed by atoms with Crippen LogP contribution in [-0.4, -0.2) is 53.4 Å². The average Bonchev–Trinajstić information content (AvgIpc) is 3.41. The zero-order chi connectivity index (χ0) is 19.8. The highest BCUT2D eigenvalue weighted by Gasteiger charge is 2.27. The van der Waals surface area contributed by atoms with Crippen LogP contribution in [0.1, 0.15) is 34.8 Å². The third-order valence-electron chi connectivity index (χ3n) is 5.53. The van der Waals surface area contributed by atoms with Crippen molar-refractivity contribution in [2.45, 2.75) is 18.8 Å². The molecule has 1 aliphatic rings. The molecule has 4 aromatic rings. The van der Waals surface area contributed by atoms with Crippen molar-refractivity contribution in [3.8, 4) is 11.4 Å². The molecule has 0 radical (unpaired) electrons. The molecule has 1 N–H and O–H groups in total. The molecule has 5 rings (SSSR count). The molecule has 4 heterocycles. The van der Waals surface area contributed by atoms with E-state index in [1.807, 2.05) is 40.9 Å². The molecule has 0 saturated carbocycles. The van der Waals surface area contributed by atoms with Crippen molar-refractivity contribution in [2.24, 2.45) is 7.05 Å². The Morgan fingerprint density at radius 1 is 1.21 bits per heavy atom. The summed E-state index contributed by atoms with van der Waals surface area (Å²) < 4.78 is 1.93. The van der Waals surface area contributed by atoms with Crippen LogP contribution in [0.4, 0.5) is 0 Å². The van der Waals surface area contributed by atoms with E-state index in [-0.39, 0.29) is 11.8 Å². The number of carbonyl (C=O) groups excluding carboxylic acids is 1. The van der Waals surface area contributed by atoms with Gasteiger partial charge in [-0.05, 0) is 31.0 Å². The van der Waals surface area contributed by atoms with E-state index in [0.717, 1.165) is 47.5 Å². The maximum atomic E-state index is 13.1. The van der Waals surface area contributed by atoms with E-state index in [1.54, 1.807) is 25.0 Å². The number of carbonyl (C=O) groups is 1. The smallest absolute Gasteiger partial charge is 0.253 e. The number of fused-ring (bicyclic) bond motifs is 1. The number of nitrogens with zero attached hydrogens (tertiary/aromatic N) is 6. The van der Waals surface area contributed by atoms with Gasteiger partial charge in [-0.3, -0.25) is 9.78 Å². The monoisotopic (exact) mass is 387 g/mol. The van der Waals surface area contributed by atoms with Crippen LogP contribution in [-0.2, 0) is 7.05 Å². The summed E-state index contributed by atoms with van der Waals surface area (Å²) in [6.45, 7) is 1.40. The van der Waals surface area contributed by atoms with Crippen molar-refractivity contribution in [1.29, 1.82) is 0 Å². The summed E-state index contributed by atoms with van der Waals surface area (Å²) in [6.07, 6.45) is 10.7. The second kappa shape index (κ2) is 7.12. The van der Waals surface area contributed by atoms with Crippen LogP contribution < -0.4 is 0 Å². The average molecular weight is 387 g/mol. The summed E-state index contributed by atoms with van der Waals surface area (Å²) in [6, 6.07) is 5.60. The quantitative estimate of drug-likeness (QED) is 0.583. The normalized spacial score (nSPS) is 17.0. The molecule has 1 aliphatic heterocycles. The van der Waals surface area contributed by atoms with Gasteiger partial charge in [0.1, 0.15) is 5.69 Å². The molecule has 0 aliphatic carbocycles. The Morgan fingerprint density at radius 2 is 2.14 bits per heavy atom. The lowest BCUT2D eigenvalue weighted by Gasteiger charge is -2.32. The SMILES string of the molecule is Cn1cncc1-c1cncc([C@H]2CCCN(C(=O)c3ccc4nc[nH]c4c3)C2)n1. The lowest BCUT2D eigenvalue weighted by Crippen LogP contribution is -2.39. The highest BCUT2D eigenvalue weighted by molar-refractivity contribution is 5.97. The van der Waals surface area contributed by atoms with Gasteiger partial charge in [0.2, 0.25) is 0 Å². The Kier molecular flexibility index (Phi) is 4.31. The van der Waals surface area contributed by atoms with E-state index in [9.17, 15) is 4.79 Å². The van der Waals surface area contributed by atoms with Crippen LogP contribution in [0, 0.1) is 0 Å². The van der Waals surface area contributed by atoms with Crippen LogP contribution in [0.15, 0.2) is 49.4 Å². The minimum Gasteiger partial charge on any atom is -0.345 e. The summed E-state index contributed by atoms with van der Waals surface area (Å²) in [7, 11) is 1.94. The minimum atomic E-state index is 0.0435. The molecule has 1 saturated heterocycles. The minimum absolute atomic E-state index is 0.0435. The Bertz CT molecular complexity index is 1180. The molecule has 8 heteroatoms. The molecule has 146 valence electrons. The van der Waals surface area contributed by atoms with Crippen molar-refractivity contribution in [3.05, 3.63) is 60.7 Å². The van der Waals surface area contributed by atoms with Crippen LogP contribution in [0.2, 0.25) is 0 Å². The van der Waals surface area contributed by atoms with Crippen LogP contribution in [0.25, 0.3) is 22.4 Å². The number of imidazole rings is 2. The number of hydrogen-bond acceptors (Lipinski definition) is 5. The molecule has 8 nitrogen and oxygen atoms in total. The second-order valence-corrected chi connectivity index (χ2v) is 7.44. The Hall–Kier alpha value is -3.55. The highest BCUT2D eigenvalue weighted by atomic mass is 16.2. The number of piperidine rings is 1. The van der Waals surface area contributed by atoms with Crippen LogP contribution in [0.5, 0.6) is 0 Å². The molecular formula is C21H21N7O. The van der Waals surface area contributed by atoms with Crippen molar-refractivity contribution in [3.63, 3.8) is 0 Å². The van der Waals surface area contributed by atoms with E-state index in [4.69, 9.17) is 4.98 Å². The van der Waals surface area contributed by atoms with Gasteiger partial charge >= 0.3 is 0 Å². The molecule has 1 atom stereocenters. The Morgan fingerprint density at radius 3 is 3.00 bits per heavy atom. The van der Waals surface area contributed by atoms with Crippen LogP contribution in [0.3, 0.4) is 0 Å².